The molecular formula is C32H44N4. The summed E-state index contributed by atoms with van der Waals surface area (Å²) in [5.41, 5.74) is 9.77. The highest BCUT2D eigenvalue weighted by Crippen LogP contribution is 2.46. The van der Waals surface area contributed by atoms with Crippen molar-refractivity contribution < 1.29 is 0 Å². The zero-order chi connectivity index (χ0) is 26.6. The zero-order valence-corrected chi connectivity index (χ0v) is 23.9. The molecule has 4 atom stereocenters. The Hall–Kier alpha value is -3.14. The average molecular weight is 485 g/mol. The standard InChI is InChI=1S/2C14H16N2.2C2H6/c1-9-4-5-12-11-6-7-15-8-13(11)16(3)14(12)10(9)2;1-9-6-7-11-12-5-4-8-15-14(12)16(3)13(11)10(9)2;2*1-2/h4-8,12,14H,1-3H3;4-8,11,13H,1-3H3;2*1-2H3. The Morgan fingerprint density at radius 1 is 0.694 bits per heavy atom. The fourth-order valence-electron chi connectivity index (χ4n) is 5.80. The second-order valence-corrected chi connectivity index (χ2v) is 9.46. The smallest absolute Gasteiger partial charge is 0.132 e. The lowest BCUT2D eigenvalue weighted by Gasteiger charge is -2.30. The molecule has 6 rings (SSSR count). The molecule has 0 bridgehead atoms. The number of rotatable bonds is 0. The topological polar surface area (TPSA) is 32.3 Å². The number of likely N-dealkylation sites (N-methyl/N-ethyl adjacent to an activating group) is 2. The molecule has 0 radical (unpaired) electrons. The van der Waals surface area contributed by atoms with Crippen LogP contribution in [-0.2, 0) is 0 Å². The second kappa shape index (κ2) is 11.7. The van der Waals surface area contributed by atoms with Gasteiger partial charge in [0.05, 0.1) is 24.0 Å². The van der Waals surface area contributed by atoms with E-state index < -0.39 is 0 Å². The molecule has 2 aliphatic carbocycles. The van der Waals surface area contributed by atoms with Gasteiger partial charge in [-0.1, -0.05) is 69.2 Å². The van der Waals surface area contributed by atoms with Crippen molar-refractivity contribution in [3.8, 4) is 0 Å². The van der Waals surface area contributed by atoms with E-state index >= 15 is 0 Å². The molecule has 0 aromatic carbocycles. The number of pyridine rings is 2. The van der Waals surface area contributed by atoms with Crippen LogP contribution in [0.15, 0.2) is 83.4 Å². The number of anilines is 2. The Morgan fingerprint density at radius 2 is 1.25 bits per heavy atom. The predicted octanol–water partition coefficient (Wildman–Crippen LogP) is 7.83. The highest BCUT2D eigenvalue weighted by Gasteiger charge is 2.39. The van der Waals surface area contributed by atoms with Gasteiger partial charge >= 0.3 is 0 Å². The molecule has 2 aromatic heterocycles. The molecule has 4 unspecified atom stereocenters. The molecule has 4 heteroatoms. The van der Waals surface area contributed by atoms with Crippen molar-refractivity contribution in [3.63, 3.8) is 0 Å². The van der Waals surface area contributed by atoms with Crippen LogP contribution in [0.4, 0.5) is 11.5 Å². The van der Waals surface area contributed by atoms with Crippen LogP contribution in [0.1, 0.15) is 78.4 Å². The van der Waals surface area contributed by atoms with Crippen LogP contribution in [0, 0.1) is 0 Å². The highest BCUT2D eigenvalue weighted by atomic mass is 15.2. The van der Waals surface area contributed by atoms with Crippen molar-refractivity contribution in [1.29, 1.82) is 0 Å². The molecule has 0 N–H and O–H groups in total. The number of nitrogens with zero attached hydrogens (tertiary/aromatic N) is 4. The fraction of sp³-hybridized carbons (Fsp3) is 0.438. The Balaban J connectivity index is 0.000000177. The summed E-state index contributed by atoms with van der Waals surface area (Å²) in [6.45, 7) is 16.9. The van der Waals surface area contributed by atoms with E-state index in [1.165, 1.54) is 39.1 Å². The van der Waals surface area contributed by atoms with E-state index in [1.807, 2.05) is 52.4 Å². The Kier molecular flexibility index (Phi) is 8.94. The Morgan fingerprint density at radius 3 is 1.86 bits per heavy atom. The fourth-order valence-corrected chi connectivity index (χ4v) is 5.80. The van der Waals surface area contributed by atoms with Gasteiger partial charge in [0, 0.05) is 43.9 Å². The first-order chi connectivity index (χ1) is 17.4. The van der Waals surface area contributed by atoms with Crippen LogP contribution < -0.4 is 9.80 Å². The van der Waals surface area contributed by atoms with Gasteiger partial charge in [-0.25, -0.2) is 4.98 Å². The van der Waals surface area contributed by atoms with E-state index in [-0.39, 0.29) is 0 Å². The van der Waals surface area contributed by atoms with E-state index in [0.717, 1.165) is 5.82 Å². The van der Waals surface area contributed by atoms with E-state index in [2.05, 4.69) is 98.0 Å². The summed E-state index contributed by atoms with van der Waals surface area (Å²) in [6.07, 6.45) is 14.9. The molecule has 4 aliphatic rings. The summed E-state index contributed by atoms with van der Waals surface area (Å²) in [4.78, 5) is 13.4. The van der Waals surface area contributed by atoms with Crippen LogP contribution in [-0.4, -0.2) is 36.1 Å². The first-order valence-corrected chi connectivity index (χ1v) is 13.5. The molecule has 192 valence electrons. The maximum absolute atomic E-state index is 4.49. The molecule has 36 heavy (non-hydrogen) atoms. The molecule has 0 spiro atoms. The molecular weight excluding hydrogens is 440 g/mol. The molecule has 4 nitrogen and oxygen atoms in total. The van der Waals surface area contributed by atoms with Crippen molar-refractivity contribution in [1.82, 2.24) is 9.97 Å². The van der Waals surface area contributed by atoms with Crippen molar-refractivity contribution >= 4 is 11.5 Å². The Labute approximate surface area is 219 Å². The minimum absolute atomic E-state index is 0.467. The van der Waals surface area contributed by atoms with Gasteiger partial charge in [0.2, 0.25) is 0 Å². The third kappa shape index (κ3) is 4.66. The van der Waals surface area contributed by atoms with Crippen molar-refractivity contribution in [2.45, 2.75) is 79.3 Å². The van der Waals surface area contributed by atoms with Crippen LogP contribution in [0.3, 0.4) is 0 Å². The van der Waals surface area contributed by atoms with Crippen molar-refractivity contribution in [3.05, 3.63) is 94.5 Å². The van der Waals surface area contributed by atoms with Crippen LogP contribution >= 0.6 is 0 Å². The SMILES string of the molecule is CC.CC.CC1=C(C)C2C(C=C1)c1cccnc1N2C.CC1=C(C)C2C(C=C1)c1ccncc1N2C. The maximum atomic E-state index is 4.49. The van der Waals surface area contributed by atoms with E-state index in [9.17, 15) is 0 Å². The van der Waals surface area contributed by atoms with Gasteiger partial charge in [0.15, 0.2) is 0 Å². The third-order valence-electron chi connectivity index (χ3n) is 7.84. The normalized spacial score (nSPS) is 24.4. The summed E-state index contributed by atoms with van der Waals surface area (Å²) in [7, 11) is 4.31. The minimum atomic E-state index is 0.467. The van der Waals surface area contributed by atoms with Gasteiger partial charge in [0.25, 0.3) is 0 Å². The average Bonchev–Trinajstić information content (AvgIpc) is 3.38. The first-order valence-electron chi connectivity index (χ1n) is 13.5. The molecule has 0 saturated carbocycles. The molecule has 0 fully saturated rings. The molecule has 0 saturated heterocycles. The lowest BCUT2D eigenvalue weighted by Crippen LogP contribution is -2.33. The molecule has 2 aromatic rings. The number of aromatic nitrogens is 2. The van der Waals surface area contributed by atoms with Gasteiger partial charge < -0.3 is 9.80 Å². The molecule has 2 aliphatic heterocycles. The van der Waals surface area contributed by atoms with Gasteiger partial charge in [0.1, 0.15) is 5.82 Å². The molecule has 0 amide bonds. The molecule has 4 heterocycles. The summed E-state index contributed by atoms with van der Waals surface area (Å²) in [5, 5.41) is 0. The predicted molar refractivity (Wildman–Crippen MR) is 156 cm³/mol. The minimum Gasteiger partial charge on any atom is -0.365 e. The summed E-state index contributed by atoms with van der Waals surface area (Å²) in [5.74, 6) is 2.13. The van der Waals surface area contributed by atoms with Crippen LogP contribution in [0.5, 0.6) is 0 Å². The zero-order valence-electron chi connectivity index (χ0n) is 23.9. The van der Waals surface area contributed by atoms with Crippen molar-refractivity contribution in [2.75, 3.05) is 23.9 Å². The lowest BCUT2D eigenvalue weighted by molar-refractivity contribution is 0.676. The number of fused-ring (bicyclic) bond motifs is 6. The number of hydrogen-bond donors (Lipinski definition) is 0. The lowest BCUT2D eigenvalue weighted by atomic mass is 9.84. The van der Waals surface area contributed by atoms with Crippen LogP contribution in [0.2, 0.25) is 0 Å². The van der Waals surface area contributed by atoms with Gasteiger partial charge in [-0.3, -0.25) is 4.98 Å². The monoisotopic (exact) mass is 484 g/mol. The third-order valence-corrected chi connectivity index (χ3v) is 7.84. The van der Waals surface area contributed by atoms with Gasteiger partial charge in [-0.2, -0.15) is 0 Å². The summed E-state index contributed by atoms with van der Waals surface area (Å²) >= 11 is 0. The van der Waals surface area contributed by atoms with Crippen LogP contribution in [0.25, 0.3) is 0 Å². The van der Waals surface area contributed by atoms with Gasteiger partial charge in [-0.15, -0.1) is 0 Å². The quantitative estimate of drug-likeness (QED) is 0.381. The highest BCUT2D eigenvalue weighted by molar-refractivity contribution is 5.65. The summed E-state index contributed by atoms with van der Waals surface area (Å²) < 4.78 is 0. The first kappa shape index (κ1) is 27.4. The van der Waals surface area contributed by atoms with E-state index in [1.54, 1.807) is 0 Å². The summed E-state index contributed by atoms with van der Waals surface area (Å²) in [6, 6.07) is 7.33. The van der Waals surface area contributed by atoms with E-state index in [4.69, 9.17) is 0 Å². The second-order valence-electron chi connectivity index (χ2n) is 9.46. The number of hydrogen-bond acceptors (Lipinski definition) is 4. The van der Waals surface area contributed by atoms with Gasteiger partial charge in [-0.05, 0) is 56.5 Å². The maximum Gasteiger partial charge on any atom is 0.132 e. The number of allylic oxidation sites excluding steroid dienone is 4. The Bertz CT molecular complexity index is 1090. The van der Waals surface area contributed by atoms with Crippen molar-refractivity contribution in [2.24, 2.45) is 0 Å². The van der Waals surface area contributed by atoms with E-state index in [0.29, 0.717) is 23.9 Å². The largest absolute Gasteiger partial charge is 0.365 e.